The molecule has 0 spiro atoms. The number of nitrogens with zero attached hydrogens (tertiary/aromatic N) is 1. The molecule has 0 fully saturated rings. The number of phenolic OH excluding ortho intramolecular Hbond substituents is 1. The number of amides is 3. The zero-order chi connectivity index (χ0) is 25.1. The summed E-state index contributed by atoms with van der Waals surface area (Å²) in [6, 6.07) is 7.56. The molecular formula is C23H28N4O6. The Balaban J connectivity index is 2.44. The van der Waals surface area contributed by atoms with E-state index in [1.54, 1.807) is 41.5 Å². The molecule has 4 N–H and O–H groups in total. The smallest absolute Gasteiger partial charge is 0.271 e. The Bertz CT molecular complexity index is 1070. The maximum atomic E-state index is 12.9. The van der Waals surface area contributed by atoms with E-state index in [4.69, 9.17) is 0 Å². The molecular weight excluding hydrogens is 428 g/mol. The highest BCUT2D eigenvalue weighted by Gasteiger charge is 2.24. The third-order valence-corrected chi connectivity index (χ3v) is 4.51. The van der Waals surface area contributed by atoms with Crippen molar-refractivity contribution in [3.63, 3.8) is 0 Å². The molecule has 2 aromatic rings. The van der Waals surface area contributed by atoms with Crippen LogP contribution in [0.15, 0.2) is 36.4 Å². The van der Waals surface area contributed by atoms with Crippen molar-refractivity contribution in [3.8, 4) is 5.75 Å². The first-order valence-corrected chi connectivity index (χ1v) is 10.1. The number of anilines is 3. The number of carbonyl (C=O) groups is 3. The van der Waals surface area contributed by atoms with Gasteiger partial charge in [-0.15, -0.1) is 0 Å². The van der Waals surface area contributed by atoms with E-state index in [1.165, 1.54) is 18.2 Å². The second-order valence-electron chi connectivity index (χ2n) is 9.62. The predicted molar refractivity (Wildman–Crippen MR) is 125 cm³/mol. The van der Waals surface area contributed by atoms with E-state index in [2.05, 4.69) is 16.0 Å². The van der Waals surface area contributed by atoms with Crippen LogP contribution in [0, 0.1) is 20.9 Å². The quantitative estimate of drug-likeness (QED) is 0.295. The van der Waals surface area contributed by atoms with E-state index in [0.717, 1.165) is 18.2 Å². The molecule has 10 heteroatoms. The van der Waals surface area contributed by atoms with Crippen molar-refractivity contribution in [1.29, 1.82) is 0 Å². The van der Waals surface area contributed by atoms with E-state index in [0.29, 0.717) is 0 Å². The topological polar surface area (TPSA) is 151 Å². The molecule has 0 aromatic heterocycles. The Kier molecular flexibility index (Phi) is 7.11. The fourth-order valence-electron chi connectivity index (χ4n) is 2.47. The van der Waals surface area contributed by atoms with Crippen molar-refractivity contribution in [3.05, 3.63) is 52.1 Å². The highest BCUT2D eigenvalue weighted by molar-refractivity contribution is 6.08. The molecule has 0 aliphatic rings. The lowest BCUT2D eigenvalue weighted by atomic mass is 9.95. The van der Waals surface area contributed by atoms with Crippen LogP contribution < -0.4 is 16.0 Å². The Morgan fingerprint density at radius 3 is 1.73 bits per heavy atom. The summed E-state index contributed by atoms with van der Waals surface area (Å²) in [7, 11) is 0. The molecule has 10 nitrogen and oxygen atoms in total. The molecule has 0 unspecified atom stereocenters. The van der Waals surface area contributed by atoms with Gasteiger partial charge in [-0.3, -0.25) is 24.5 Å². The van der Waals surface area contributed by atoms with Gasteiger partial charge in [0, 0.05) is 39.9 Å². The lowest BCUT2D eigenvalue weighted by molar-refractivity contribution is -0.384. The average molecular weight is 456 g/mol. The zero-order valence-corrected chi connectivity index (χ0v) is 19.4. The summed E-state index contributed by atoms with van der Waals surface area (Å²) in [6.07, 6.45) is 0. The van der Waals surface area contributed by atoms with Crippen LogP contribution in [0.4, 0.5) is 22.7 Å². The number of aromatic hydroxyl groups is 1. The van der Waals surface area contributed by atoms with Crippen molar-refractivity contribution < 1.29 is 24.4 Å². The normalized spacial score (nSPS) is 11.5. The van der Waals surface area contributed by atoms with Gasteiger partial charge in [0.25, 0.3) is 11.6 Å². The third kappa shape index (κ3) is 6.76. The molecule has 0 aliphatic carbocycles. The first-order chi connectivity index (χ1) is 15.1. The number of non-ortho nitro benzene ring substituents is 1. The summed E-state index contributed by atoms with van der Waals surface area (Å²) in [6.45, 7) is 10.4. The van der Waals surface area contributed by atoms with Crippen LogP contribution in [-0.2, 0) is 9.59 Å². The lowest BCUT2D eigenvalue weighted by Crippen LogP contribution is -2.29. The van der Waals surface area contributed by atoms with Crippen LogP contribution in [0.25, 0.3) is 0 Å². The lowest BCUT2D eigenvalue weighted by Gasteiger charge is -2.20. The van der Waals surface area contributed by atoms with Crippen molar-refractivity contribution in [2.45, 2.75) is 41.5 Å². The number of hydrogen-bond donors (Lipinski definition) is 4. The third-order valence-electron chi connectivity index (χ3n) is 4.51. The molecule has 2 rings (SSSR count). The van der Waals surface area contributed by atoms with Gasteiger partial charge >= 0.3 is 0 Å². The minimum absolute atomic E-state index is 0.0526. The van der Waals surface area contributed by atoms with Gasteiger partial charge in [-0.25, -0.2) is 0 Å². The molecule has 2 aromatic carbocycles. The summed E-state index contributed by atoms with van der Waals surface area (Å²) in [5, 5.41) is 28.9. The van der Waals surface area contributed by atoms with Crippen LogP contribution in [0.2, 0.25) is 0 Å². The van der Waals surface area contributed by atoms with Crippen LogP contribution in [0.1, 0.15) is 51.9 Å². The summed E-state index contributed by atoms with van der Waals surface area (Å²) >= 11 is 0. The average Bonchev–Trinajstić information content (AvgIpc) is 2.67. The van der Waals surface area contributed by atoms with Crippen LogP contribution >= 0.6 is 0 Å². The molecule has 0 radical (unpaired) electrons. The van der Waals surface area contributed by atoms with E-state index < -0.39 is 21.7 Å². The fourth-order valence-corrected chi connectivity index (χ4v) is 2.47. The fraction of sp³-hybridized carbons (Fsp3) is 0.348. The molecule has 176 valence electrons. The van der Waals surface area contributed by atoms with Gasteiger partial charge in [-0.05, 0) is 24.3 Å². The zero-order valence-electron chi connectivity index (χ0n) is 19.4. The molecule has 33 heavy (non-hydrogen) atoms. The SMILES string of the molecule is CC(C)(C)C(=O)Nc1cc(NC(=O)C(C)(C)C)cc(C(=O)Nc2cc([N+](=O)[O-])ccc2O)c1. The summed E-state index contributed by atoms with van der Waals surface area (Å²) in [5.41, 5.74) is -1.28. The summed E-state index contributed by atoms with van der Waals surface area (Å²) in [4.78, 5) is 48.2. The minimum Gasteiger partial charge on any atom is -0.506 e. The van der Waals surface area contributed by atoms with Gasteiger partial charge in [-0.2, -0.15) is 0 Å². The van der Waals surface area contributed by atoms with Gasteiger partial charge < -0.3 is 21.1 Å². The van der Waals surface area contributed by atoms with Gasteiger partial charge in [0.1, 0.15) is 5.75 Å². The Hall–Kier alpha value is -3.95. The first-order valence-electron chi connectivity index (χ1n) is 10.1. The highest BCUT2D eigenvalue weighted by atomic mass is 16.6. The number of nitro groups is 1. The van der Waals surface area contributed by atoms with Crippen LogP contribution in [0.3, 0.4) is 0 Å². The number of nitrogens with one attached hydrogen (secondary N) is 3. The van der Waals surface area contributed by atoms with Crippen molar-refractivity contribution in [2.24, 2.45) is 10.8 Å². The maximum absolute atomic E-state index is 12.9. The van der Waals surface area contributed by atoms with Crippen molar-refractivity contribution in [2.75, 3.05) is 16.0 Å². The largest absolute Gasteiger partial charge is 0.506 e. The molecule has 0 atom stereocenters. The van der Waals surface area contributed by atoms with E-state index in [9.17, 15) is 29.6 Å². The van der Waals surface area contributed by atoms with E-state index in [-0.39, 0.29) is 45.9 Å². The Morgan fingerprint density at radius 2 is 1.30 bits per heavy atom. The standard InChI is InChI=1S/C23H28N4O6/c1-22(2,3)20(30)24-14-9-13(10-15(11-14)25-21(31)23(4,5)6)19(29)26-17-12-16(27(32)33)7-8-18(17)28/h7-12,28H,1-6H3,(H,24,30)(H,25,31)(H,26,29). The predicted octanol–water partition coefficient (Wildman–Crippen LogP) is 4.52. The molecule has 0 bridgehead atoms. The number of phenols is 1. The molecule has 0 heterocycles. The second kappa shape index (κ2) is 9.27. The number of benzene rings is 2. The number of carbonyl (C=O) groups excluding carboxylic acids is 3. The first kappa shape index (κ1) is 25.3. The summed E-state index contributed by atoms with van der Waals surface area (Å²) < 4.78 is 0. The van der Waals surface area contributed by atoms with Crippen LogP contribution in [-0.4, -0.2) is 27.8 Å². The summed E-state index contributed by atoms with van der Waals surface area (Å²) in [5.74, 6) is -1.66. The Labute approximate surface area is 191 Å². The van der Waals surface area contributed by atoms with Gasteiger partial charge in [0.05, 0.1) is 10.6 Å². The Morgan fingerprint density at radius 1 is 0.818 bits per heavy atom. The highest BCUT2D eigenvalue weighted by Crippen LogP contribution is 2.29. The van der Waals surface area contributed by atoms with E-state index in [1.807, 2.05) is 0 Å². The van der Waals surface area contributed by atoms with Gasteiger partial charge in [0.2, 0.25) is 11.8 Å². The number of nitro benzene ring substituents is 1. The molecule has 3 amide bonds. The number of rotatable bonds is 5. The molecule has 0 saturated carbocycles. The second-order valence-corrected chi connectivity index (χ2v) is 9.62. The van der Waals surface area contributed by atoms with Crippen molar-refractivity contribution in [1.82, 2.24) is 0 Å². The molecule has 0 aliphatic heterocycles. The minimum atomic E-state index is -0.706. The molecule has 0 saturated heterocycles. The van der Waals surface area contributed by atoms with E-state index >= 15 is 0 Å². The van der Waals surface area contributed by atoms with Crippen molar-refractivity contribution >= 4 is 40.5 Å². The van der Waals surface area contributed by atoms with Gasteiger partial charge in [0.15, 0.2) is 0 Å². The van der Waals surface area contributed by atoms with Crippen LogP contribution in [0.5, 0.6) is 5.75 Å². The number of hydrogen-bond acceptors (Lipinski definition) is 6. The monoisotopic (exact) mass is 456 g/mol. The van der Waals surface area contributed by atoms with Gasteiger partial charge in [-0.1, -0.05) is 41.5 Å². The maximum Gasteiger partial charge on any atom is 0.271 e.